The molecule has 0 aromatic rings. The smallest absolute Gasteiger partial charge is 0.302 e. The lowest BCUT2D eigenvalue weighted by Gasteiger charge is -2.17. The number of thiocarbonyl (C=S) groups is 1. The molecule has 0 unspecified atom stereocenters. The van der Waals surface area contributed by atoms with Gasteiger partial charge in [0.2, 0.25) is 0 Å². The zero-order valence-electron chi connectivity index (χ0n) is 5.85. The Labute approximate surface area is 64.0 Å². The van der Waals surface area contributed by atoms with Gasteiger partial charge in [-0.15, -0.1) is 0 Å². The Bertz CT molecular complexity index is 165. The predicted molar refractivity (Wildman–Crippen MR) is 39.7 cm³/mol. The van der Waals surface area contributed by atoms with E-state index in [0.29, 0.717) is 0 Å². The highest BCUT2D eigenvalue weighted by Gasteiger charge is 2.26. The van der Waals surface area contributed by atoms with E-state index in [1.165, 1.54) is 13.8 Å². The second-order valence-corrected chi connectivity index (χ2v) is 3.11. The number of hydrogen-bond donors (Lipinski definition) is 1. The second-order valence-electron chi connectivity index (χ2n) is 2.72. The summed E-state index contributed by atoms with van der Waals surface area (Å²) in [6.45, 7) is 3.01. The lowest BCUT2D eigenvalue weighted by Crippen LogP contribution is -2.24. The van der Waals surface area contributed by atoms with E-state index < -0.39 is 11.5 Å². The molecule has 0 rings (SSSR count). The molecule has 0 aliphatic rings. The Hall–Kier alpha value is -0.510. The van der Waals surface area contributed by atoms with Crippen LogP contribution in [0.4, 0.5) is 4.39 Å². The molecule has 10 heavy (non-hydrogen) atoms. The lowest BCUT2D eigenvalue weighted by atomic mass is 9.91. The van der Waals surface area contributed by atoms with E-state index in [9.17, 15) is 9.18 Å². The van der Waals surface area contributed by atoms with Crippen LogP contribution in [0.25, 0.3) is 0 Å². The van der Waals surface area contributed by atoms with Crippen LogP contribution in [0.3, 0.4) is 0 Å². The molecule has 2 nitrogen and oxygen atoms in total. The van der Waals surface area contributed by atoms with E-state index in [0.717, 1.165) is 0 Å². The lowest BCUT2D eigenvalue weighted by molar-refractivity contribution is -0.130. The first-order chi connectivity index (χ1) is 4.36. The molecule has 58 valence electrons. The van der Waals surface area contributed by atoms with Gasteiger partial charge >= 0.3 is 6.04 Å². The van der Waals surface area contributed by atoms with Gasteiger partial charge in [0.1, 0.15) is 0 Å². The number of hydrogen-bond acceptors (Lipinski definition) is 2. The van der Waals surface area contributed by atoms with Crippen LogP contribution < -0.4 is 0 Å². The van der Waals surface area contributed by atoms with E-state index in [1.54, 1.807) is 0 Å². The zero-order chi connectivity index (χ0) is 8.36. The van der Waals surface area contributed by atoms with Crippen LogP contribution in [-0.2, 0) is 4.79 Å². The van der Waals surface area contributed by atoms with E-state index >= 15 is 0 Å². The van der Waals surface area contributed by atoms with Crippen LogP contribution in [0, 0.1) is 5.41 Å². The van der Waals surface area contributed by atoms with Crippen molar-refractivity contribution >= 4 is 23.3 Å². The summed E-state index contributed by atoms with van der Waals surface area (Å²) in [4.78, 5) is 9.93. The molecule has 0 aliphatic heterocycles. The fourth-order valence-electron chi connectivity index (χ4n) is 0.423. The number of aliphatic hydroxyl groups excluding tert-OH is 1. The maximum Gasteiger partial charge on any atom is 0.302 e. The molecule has 0 heterocycles. The largest absolute Gasteiger partial charge is 0.502 e. The average Bonchev–Trinajstić information content (AvgIpc) is 1.60. The summed E-state index contributed by atoms with van der Waals surface area (Å²) in [6.07, 6.45) is -0.359. The van der Waals surface area contributed by atoms with Crippen LogP contribution in [-0.4, -0.2) is 16.2 Å². The number of carbonyl (C=O) groups is 1. The Balaban J connectivity index is 4.13. The SMILES string of the molecule is CC(C)(CC(=O)F)C(O)=S. The monoisotopic (exact) mass is 164 g/mol. The number of carbonyl (C=O) groups excluding carboxylic acids is 1. The fraction of sp³-hybridized carbons (Fsp3) is 0.667. The van der Waals surface area contributed by atoms with E-state index in [4.69, 9.17) is 5.11 Å². The van der Waals surface area contributed by atoms with Crippen LogP contribution in [0.1, 0.15) is 20.3 Å². The van der Waals surface area contributed by atoms with Gasteiger partial charge in [-0.05, 0) is 12.2 Å². The third-order valence-corrected chi connectivity index (χ3v) is 1.71. The molecule has 0 aromatic carbocycles. The van der Waals surface area contributed by atoms with Crippen LogP contribution >= 0.6 is 12.2 Å². The van der Waals surface area contributed by atoms with Crippen molar-refractivity contribution in [2.24, 2.45) is 5.41 Å². The van der Waals surface area contributed by atoms with Crippen LogP contribution in [0.2, 0.25) is 0 Å². The molecule has 0 aromatic heterocycles. The van der Waals surface area contributed by atoms with Gasteiger partial charge in [0.15, 0.2) is 5.05 Å². The Morgan fingerprint density at radius 3 is 2.20 bits per heavy atom. The van der Waals surface area contributed by atoms with Crippen molar-refractivity contribution in [2.45, 2.75) is 20.3 Å². The van der Waals surface area contributed by atoms with E-state index in [2.05, 4.69) is 12.2 Å². The molecule has 0 bridgehead atoms. The molecule has 0 radical (unpaired) electrons. The maximum absolute atomic E-state index is 11.7. The van der Waals surface area contributed by atoms with Crippen molar-refractivity contribution in [3.63, 3.8) is 0 Å². The summed E-state index contributed by atoms with van der Waals surface area (Å²) in [7, 11) is 0. The van der Waals surface area contributed by atoms with Crippen molar-refractivity contribution in [2.75, 3.05) is 0 Å². The highest BCUT2D eigenvalue weighted by molar-refractivity contribution is 7.80. The third kappa shape index (κ3) is 2.87. The Morgan fingerprint density at radius 1 is 1.70 bits per heavy atom. The molecular weight excluding hydrogens is 155 g/mol. The molecule has 1 N–H and O–H groups in total. The summed E-state index contributed by atoms with van der Waals surface area (Å²) in [5, 5.41) is 8.41. The first-order valence-corrected chi connectivity index (χ1v) is 3.19. The predicted octanol–water partition coefficient (Wildman–Crippen LogP) is 1.78. The van der Waals surface area contributed by atoms with Gasteiger partial charge in [0.25, 0.3) is 0 Å². The highest BCUT2D eigenvalue weighted by atomic mass is 32.1. The second kappa shape index (κ2) is 3.05. The van der Waals surface area contributed by atoms with Gasteiger partial charge in [-0.1, -0.05) is 13.8 Å². The van der Waals surface area contributed by atoms with Gasteiger partial charge in [0.05, 0.1) is 6.42 Å². The number of halogens is 1. The summed E-state index contributed by atoms with van der Waals surface area (Å²) in [5.41, 5.74) is -0.916. The van der Waals surface area contributed by atoms with Crippen molar-refractivity contribution < 1.29 is 14.3 Å². The molecular formula is C6H9FO2S. The quantitative estimate of drug-likeness (QED) is 0.510. The van der Waals surface area contributed by atoms with Crippen molar-refractivity contribution in [1.29, 1.82) is 0 Å². The first kappa shape index (κ1) is 9.49. The fourth-order valence-corrected chi connectivity index (χ4v) is 0.495. The van der Waals surface area contributed by atoms with Gasteiger partial charge in [-0.3, -0.25) is 4.79 Å². The van der Waals surface area contributed by atoms with Gasteiger partial charge in [-0.25, -0.2) is 0 Å². The molecule has 0 amide bonds. The molecule has 0 fully saturated rings. The number of rotatable bonds is 3. The molecule has 0 saturated carbocycles. The van der Waals surface area contributed by atoms with E-state index in [1.807, 2.05) is 0 Å². The van der Waals surface area contributed by atoms with Crippen LogP contribution in [0.15, 0.2) is 0 Å². The minimum Gasteiger partial charge on any atom is -0.502 e. The third-order valence-electron chi connectivity index (χ3n) is 1.16. The molecule has 0 saturated heterocycles. The summed E-state index contributed by atoms with van der Waals surface area (Å²) >= 11 is 4.39. The standard InChI is InChI=1S/C6H9FO2S/c1-6(2,5(9)10)3-4(7)8/h3H2,1-2H3,(H,9,10). The van der Waals surface area contributed by atoms with E-state index in [-0.39, 0.29) is 11.5 Å². The van der Waals surface area contributed by atoms with Crippen molar-refractivity contribution in [3.8, 4) is 0 Å². The molecule has 4 heteroatoms. The number of aliphatic hydroxyl groups is 1. The molecule has 0 atom stereocenters. The van der Waals surface area contributed by atoms with Crippen LogP contribution in [0.5, 0.6) is 0 Å². The summed E-state index contributed by atoms with van der Waals surface area (Å²) in [6, 6.07) is -1.46. The van der Waals surface area contributed by atoms with Crippen molar-refractivity contribution in [1.82, 2.24) is 0 Å². The minimum absolute atomic E-state index is 0.335. The normalized spacial score (nSPS) is 11.1. The highest BCUT2D eigenvalue weighted by Crippen LogP contribution is 2.21. The first-order valence-electron chi connectivity index (χ1n) is 2.78. The maximum atomic E-state index is 11.7. The van der Waals surface area contributed by atoms with Crippen molar-refractivity contribution in [3.05, 3.63) is 0 Å². The Morgan fingerprint density at radius 2 is 2.10 bits per heavy atom. The average molecular weight is 164 g/mol. The van der Waals surface area contributed by atoms with Gasteiger partial charge in [-0.2, -0.15) is 4.39 Å². The molecule has 0 spiro atoms. The van der Waals surface area contributed by atoms with Gasteiger partial charge in [0, 0.05) is 5.41 Å². The summed E-state index contributed by atoms with van der Waals surface area (Å²) < 4.78 is 11.7. The summed E-state index contributed by atoms with van der Waals surface area (Å²) in [5.74, 6) is 0. The minimum atomic E-state index is -1.46. The molecule has 0 aliphatic carbocycles. The zero-order valence-corrected chi connectivity index (χ0v) is 6.67. The Kier molecular flexibility index (Phi) is 2.90. The topological polar surface area (TPSA) is 37.3 Å². The van der Waals surface area contributed by atoms with Gasteiger partial charge < -0.3 is 5.11 Å².